The lowest BCUT2D eigenvalue weighted by Gasteiger charge is -2.10. The standard InChI is InChI=1S/C12H15N3O/c1-9-3-5-10(6-4-9)11(16)7-12-13-8-14-15(12)2/h3-6,8,11,16H,7H2,1-2H3. The molecule has 2 rings (SSSR count). The van der Waals surface area contributed by atoms with Gasteiger partial charge in [0.1, 0.15) is 12.2 Å². The molecule has 84 valence electrons. The SMILES string of the molecule is Cc1ccc(C(O)Cc2ncnn2C)cc1. The number of aliphatic hydroxyl groups excluding tert-OH is 1. The molecule has 16 heavy (non-hydrogen) atoms. The van der Waals surface area contributed by atoms with Gasteiger partial charge in [-0.05, 0) is 12.5 Å². The van der Waals surface area contributed by atoms with Gasteiger partial charge < -0.3 is 5.11 Å². The molecule has 1 aromatic carbocycles. The summed E-state index contributed by atoms with van der Waals surface area (Å²) in [4.78, 5) is 4.09. The largest absolute Gasteiger partial charge is 0.388 e. The lowest BCUT2D eigenvalue weighted by Crippen LogP contribution is -2.07. The summed E-state index contributed by atoms with van der Waals surface area (Å²) in [5.41, 5.74) is 2.10. The fourth-order valence-corrected chi connectivity index (χ4v) is 1.58. The van der Waals surface area contributed by atoms with Crippen LogP contribution in [0.4, 0.5) is 0 Å². The Kier molecular flexibility index (Phi) is 3.01. The predicted octanol–water partition coefficient (Wildman–Crippen LogP) is 1.40. The van der Waals surface area contributed by atoms with E-state index in [1.807, 2.05) is 38.2 Å². The molecule has 1 heterocycles. The zero-order valence-electron chi connectivity index (χ0n) is 9.46. The summed E-state index contributed by atoms with van der Waals surface area (Å²) in [5, 5.41) is 14.0. The van der Waals surface area contributed by atoms with E-state index in [9.17, 15) is 5.11 Å². The highest BCUT2D eigenvalue weighted by Crippen LogP contribution is 2.17. The number of hydrogen-bond acceptors (Lipinski definition) is 3. The van der Waals surface area contributed by atoms with Crippen LogP contribution in [0.1, 0.15) is 23.1 Å². The molecule has 4 heteroatoms. The van der Waals surface area contributed by atoms with Crippen molar-refractivity contribution in [2.24, 2.45) is 7.05 Å². The second-order valence-corrected chi connectivity index (χ2v) is 3.93. The van der Waals surface area contributed by atoms with Gasteiger partial charge in [-0.3, -0.25) is 4.68 Å². The predicted molar refractivity (Wildman–Crippen MR) is 60.8 cm³/mol. The lowest BCUT2D eigenvalue weighted by atomic mass is 10.0. The molecule has 1 unspecified atom stereocenters. The zero-order chi connectivity index (χ0) is 11.5. The van der Waals surface area contributed by atoms with Crippen LogP contribution < -0.4 is 0 Å². The summed E-state index contributed by atoms with van der Waals surface area (Å²) >= 11 is 0. The van der Waals surface area contributed by atoms with Crippen molar-refractivity contribution in [1.29, 1.82) is 0 Å². The number of aromatic nitrogens is 3. The summed E-state index contributed by atoms with van der Waals surface area (Å²) in [6, 6.07) is 7.87. The molecular weight excluding hydrogens is 202 g/mol. The van der Waals surface area contributed by atoms with Gasteiger partial charge in [0.2, 0.25) is 0 Å². The van der Waals surface area contributed by atoms with Crippen molar-refractivity contribution in [3.8, 4) is 0 Å². The Morgan fingerprint density at radius 1 is 1.31 bits per heavy atom. The van der Waals surface area contributed by atoms with Crippen molar-refractivity contribution < 1.29 is 5.11 Å². The molecule has 2 aromatic rings. The van der Waals surface area contributed by atoms with Crippen LogP contribution in [0.15, 0.2) is 30.6 Å². The lowest BCUT2D eigenvalue weighted by molar-refractivity contribution is 0.174. The van der Waals surface area contributed by atoms with Gasteiger partial charge in [-0.15, -0.1) is 0 Å². The maximum atomic E-state index is 10.0. The molecule has 0 fully saturated rings. The third kappa shape index (κ3) is 2.28. The summed E-state index contributed by atoms with van der Waals surface area (Å²) in [5.74, 6) is 0.785. The van der Waals surface area contributed by atoms with E-state index in [4.69, 9.17) is 0 Å². The van der Waals surface area contributed by atoms with Gasteiger partial charge in [0.15, 0.2) is 0 Å². The zero-order valence-corrected chi connectivity index (χ0v) is 9.46. The van der Waals surface area contributed by atoms with Crippen LogP contribution in [0.5, 0.6) is 0 Å². The average molecular weight is 217 g/mol. The smallest absolute Gasteiger partial charge is 0.138 e. The van der Waals surface area contributed by atoms with Gasteiger partial charge in [0.05, 0.1) is 6.10 Å². The van der Waals surface area contributed by atoms with Gasteiger partial charge >= 0.3 is 0 Å². The van der Waals surface area contributed by atoms with Gasteiger partial charge in [-0.25, -0.2) is 4.98 Å². The summed E-state index contributed by atoms with van der Waals surface area (Å²) < 4.78 is 1.68. The molecule has 0 saturated carbocycles. The molecule has 1 atom stereocenters. The van der Waals surface area contributed by atoms with Crippen molar-refractivity contribution >= 4 is 0 Å². The highest BCUT2D eigenvalue weighted by atomic mass is 16.3. The van der Waals surface area contributed by atoms with Crippen LogP contribution in [0.25, 0.3) is 0 Å². The first-order valence-corrected chi connectivity index (χ1v) is 5.24. The molecule has 1 N–H and O–H groups in total. The van der Waals surface area contributed by atoms with Crippen LogP contribution in [0, 0.1) is 6.92 Å². The molecule has 4 nitrogen and oxygen atoms in total. The second-order valence-electron chi connectivity index (χ2n) is 3.93. The van der Waals surface area contributed by atoms with E-state index >= 15 is 0 Å². The number of benzene rings is 1. The van der Waals surface area contributed by atoms with Crippen LogP contribution in [0.2, 0.25) is 0 Å². The van der Waals surface area contributed by atoms with Crippen LogP contribution >= 0.6 is 0 Å². The first-order valence-electron chi connectivity index (χ1n) is 5.24. The van der Waals surface area contributed by atoms with Crippen molar-refractivity contribution in [3.63, 3.8) is 0 Å². The maximum Gasteiger partial charge on any atom is 0.138 e. The van der Waals surface area contributed by atoms with Crippen molar-refractivity contribution in [3.05, 3.63) is 47.5 Å². The van der Waals surface area contributed by atoms with E-state index in [0.717, 1.165) is 11.4 Å². The van der Waals surface area contributed by atoms with Crippen LogP contribution in [0.3, 0.4) is 0 Å². The monoisotopic (exact) mass is 217 g/mol. The Bertz CT molecular complexity index is 461. The van der Waals surface area contributed by atoms with Crippen molar-refractivity contribution in [1.82, 2.24) is 14.8 Å². The van der Waals surface area contributed by atoms with Crippen molar-refractivity contribution in [2.75, 3.05) is 0 Å². The molecule has 0 bridgehead atoms. The number of aliphatic hydroxyl groups is 1. The van der Waals surface area contributed by atoms with Gasteiger partial charge in [0, 0.05) is 13.5 Å². The molecule has 0 aliphatic carbocycles. The Labute approximate surface area is 94.6 Å². The third-order valence-electron chi connectivity index (χ3n) is 2.64. The fourth-order valence-electron chi connectivity index (χ4n) is 1.58. The van der Waals surface area contributed by atoms with E-state index in [0.29, 0.717) is 6.42 Å². The van der Waals surface area contributed by atoms with Crippen LogP contribution in [-0.2, 0) is 13.5 Å². The number of rotatable bonds is 3. The van der Waals surface area contributed by atoms with E-state index < -0.39 is 6.10 Å². The summed E-state index contributed by atoms with van der Waals surface area (Å²) in [7, 11) is 1.82. The van der Waals surface area contributed by atoms with Crippen molar-refractivity contribution in [2.45, 2.75) is 19.4 Å². The van der Waals surface area contributed by atoms with Gasteiger partial charge in [-0.2, -0.15) is 5.10 Å². The van der Waals surface area contributed by atoms with E-state index in [1.54, 1.807) is 4.68 Å². The number of aryl methyl sites for hydroxylation is 2. The summed E-state index contributed by atoms with van der Waals surface area (Å²) in [6.07, 6.45) is 1.46. The fraction of sp³-hybridized carbons (Fsp3) is 0.333. The highest BCUT2D eigenvalue weighted by molar-refractivity contribution is 5.23. The topological polar surface area (TPSA) is 50.9 Å². The minimum absolute atomic E-state index is 0.486. The minimum atomic E-state index is -0.525. The first-order chi connectivity index (χ1) is 7.66. The molecule has 0 aliphatic rings. The molecule has 0 saturated heterocycles. The Morgan fingerprint density at radius 3 is 2.56 bits per heavy atom. The number of hydrogen-bond donors (Lipinski definition) is 1. The maximum absolute atomic E-state index is 10.0. The molecule has 0 radical (unpaired) electrons. The highest BCUT2D eigenvalue weighted by Gasteiger charge is 2.11. The quantitative estimate of drug-likeness (QED) is 0.845. The van der Waals surface area contributed by atoms with E-state index in [-0.39, 0.29) is 0 Å². The molecular formula is C12H15N3O. The average Bonchev–Trinajstić information content (AvgIpc) is 2.65. The second kappa shape index (κ2) is 4.45. The Balaban J connectivity index is 2.11. The van der Waals surface area contributed by atoms with Gasteiger partial charge in [0.25, 0.3) is 0 Å². The normalized spacial score (nSPS) is 12.7. The minimum Gasteiger partial charge on any atom is -0.388 e. The van der Waals surface area contributed by atoms with E-state index in [2.05, 4.69) is 10.1 Å². The molecule has 0 spiro atoms. The first kappa shape index (κ1) is 10.8. The third-order valence-corrected chi connectivity index (χ3v) is 2.64. The van der Waals surface area contributed by atoms with E-state index in [1.165, 1.54) is 11.9 Å². The van der Waals surface area contributed by atoms with Gasteiger partial charge in [-0.1, -0.05) is 29.8 Å². The molecule has 0 aliphatic heterocycles. The van der Waals surface area contributed by atoms with Crippen LogP contribution in [-0.4, -0.2) is 19.9 Å². The number of nitrogens with zero attached hydrogens (tertiary/aromatic N) is 3. The molecule has 0 amide bonds. The Morgan fingerprint density at radius 2 is 2.00 bits per heavy atom. The molecule has 1 aromatic heterocycles. The Hall–Kier alpha value is -1.68. The summed E-state index contributed by atoms with van der Waals surface area (Å²) in [6.45, 7) is 2.03.